The molecule has 0 aliphatic carbocycles. The molecule has 2 aromatic rings. The number of carbonyl (C=O) groups is 1. The molecular formula is C18H22F3N5O2. The number of amides is 1. The van der Waals surface area contributed by atoms with Crippen molar-refractivity contribution in [2.45, 2.75) is 32.0 Å². The number of alkyl halides is 3. The zero-order chi connectivity index (χ0) is 20.5. The Morgan fingerprint density at radius 3 is 2.64 bits per heavy atom. The fraction of sp³-hybridized carbons (Fsp3) is 0.500. The van der Waals surface area contributed by atoms with Gasteiger partial charge in [0.25, 0.3) is 5.91 Å². The molecule has 152 valence electrons. The van der Waals surface area contributed by atoms with E-state index in [1.807, 2.05) is 13.8 Å². The molecule has 3 N–H and O–H groups in total. The SMILES string of the molecule is CC(C)c1c(C(=O)NCC2CNCC2O)cnn1-c1ccc(C(F)(F)F)cn1. The van der Waals surface area contributed by atoms with Gasteiger partial charge in [-0.15, -0.1) is 0 Å². The highest BCUT2D eigenvalue weighted by Crippen LogP contribution is 2.29. The van der Waals surface area contributed by atoms with Crippen LogP contribution in [0.1, 0.15) is 41.4 Å². The van der Waals surface area contributed by atoms with Crippen molar-refractivity contribution in [2.24, 2.45) is 5.92 Å². The summed E-state index contributed by atoms with van der Waals surface area (Å²) in [4.78, 5) is 16.5. The predicted molar refractivity (Wildman–Crippen MR) is 95.1 cm³/mol. The lowest BCUT2D eigenvalue weighted by Gasteiger charge is -2.15. The van der Waals surface area contributed by atoms with Gasteiger partial charge in [-0.25, -0.2) is 9.67 Å². The molecule has 1 aliphatic heterocycles. The van der Waals surface area contributed by atoms with E-state index in [-0.39, 0.29) is 23.6 Å². The zero-order valence-electron chi connectivity index (χ0n) is 15.5. The van der Waals surface area contributed by atoms with E-state index < -0.39 is 17.8 Å². The van der Waals surface area contributed by atoms with Crippen LogP contribution in [0.4, 0.5) is 13.2 Å². The molecule has 0 spiro atoms. The second-order valence-corrected chi connectivity index (χ2v) is 7.11. The van der Waals surface area contributed by atoms with Gasteiger partial charge in [0.05, 0.1) is 29.1 Å². The maximum absolute atomic E-state index is 12.7. The summed E-state index contributed by atoms with van der Waals surface area (Å²) < 4.78 is 39.6. The third-order valence-electron chi connectivity index (χ3n) is 4.72. The number of β-amino-alcohol motifs (C(OH)–C–C–N with tert-alkyl or cyclic N) is 1. The topological polar surface area (TPSA) is 92.1 Å². The van der Waals surface area contributed by atoms with Gasteiger partial charge in [0, 0.05) is 31.7 Å². The summed E-state index contributed by atoms with van der Waals surface area (Å²) >= 11 is 0. The molecule has 0 radical (unpaired) electrons. The van der Waals surface area contributed by atoms with Crippen LogP contribution in [0.25, 0.3) is 5.82 Å². The molecule has 1 amide bonds. The molecule has 2 aromatic heterocycles. The van der Waals surface area contributed by atoms with Gasteiger partial charge in [-0.1, -0.05) is 13.8 Å². The monoisotopic (exact) mass is 397 g/mol. The smallest absolute Gasteiger partial charge is 0.391 e. The minimum Gasteiger partial charge on any atom is -0.391 e. The van der Waals surface area contributed by atoms with Gasteiger partial charge in [-0.3, -0.25) is 4.79 Å². The molecule has 2 atom stereocenters. The van der Waals surface area contributed by atoms with Crippen LogP contribution in [0, 0.1) is 5.92 Å². The van der Waals surface area contributed by atoms with Crippen LogP contribution in [0.5, 0.6) is 0 Å². The van der Waals surface area contributed by atoms with Crippen LogP contribution in [-0.4, -0.2) is 51.5 Å². The minimum absolute atomic E-state index is 0.0712. The fourth-order valence-corrected chi connectivity index (χ4v) is 3.20. The number of nitrogens with one attached hydrogen (secondary N) is 2. The minimum atomic E-state index is -4.47. The van der Waals surface area contributed by atoms with E-state index in [0.29, 0.717) is 30.9 Å². The number of nitrogens with zero attached hydrogens (tertiary/aromatic N) is 3. The van der Waals surface area contributed by atoms with Gasteiger partial charge < -0.3 is 15.7 Å². The molecule has 1 saturated heterocycles. The average molecular weight is 397 g/mol. The Balaban J connectivity index is 1.82. The third-order valence-corrected chi connectivity index (χ3v) is 4.72. The summed E-state index contributed by atoms with van der Waals surface area (Å²) in [6.07, 6.45) is -2.85. The number of pyridine rings is 1. The van der Waals surface area contributed by atoms with Gasteiger partial charge in [-0.2, -0.15) is 18.3 Å². The Morgan fingerprint density at radius 1 is 1.36 bits per heavy atom. The number of aromatic nitrogens is 3. The molecule has 28 heavy (non-hydrogen) atoms. The third kappa shape index (κ3) is 4.17. The van der Waals surface area contributed by atoms with Crippen LogP contribution in [-0.2, 0) is 6.18 Å². The number of aliphatic hydroxyl groups excluding tert-OH is 1. The molecular weight excluding hydrogens is 375 g/mol. The van der Waals surface area contributed by atoms with Gasteiger partial charge in [-0.05, 0) is 18.1 Å². The lowest BCUT2D eigenvalue weighted by atomic mass is 10.0. The van der Waals surface area contributed by atoms with Gasteiger partial charge >= 0.3 is 6.18 Å². The van der Waals surface area contributed by atoms with Crippen LogP contribution in [0.2, 0.25) is 0 Å². The zero-order valence-corrected chi connectivity index (χ0v) is 15.5. The van der Waals surface area contributed by atoms with E-state index in [1.54, 1.807) is 0 Å². The normalized spacial score (nSPS) is 20.0. The van der Waals surface area contributed by atoms with Crippen molar-refractivity contribution in [1.82, 2.24) is 25.4 Å². The Morgan fingerprint density at radius 2 is 2.11 bits per heavy atom. The Labute approximate surface area is 160 Å². The highest BCUT2D eigenvalue weighted by Gasteiger charge is 2.31. The Hall–Kier alpha value is -2.46. The van der Waals surface area contributed by atoms with E-state index in [2.05, 4.69) is 20.7 Å². The van der Waals surface area contributed by atoms with Crippen LogP contribution in [0.15, 0.2) is 24.5 Å². The summed E-state index contributed by atoms with van der Waals surface area (Å²) in [5, 5.41) is 19.8. The maximum atomic E-state index is 12.7. The fourth-order valence-electron chi connectivity index (χ4n) is 3.20. The molecule has 1 fully saturated rings. The van der Waals surface area contributed by atoms with Crippen molar-refractivity contribution >= 4 is 5.91 Å². The second kappa shape index (κ2) is 7.88. The van der Waals surface area contributed by atoms with Gasteiger partial charge in [0.15, 0.2) is 5.82 Å². The Bertz CT molecular complexity index is 833. The van der Waals surface area contributed by atoms with E-state index in [1.165, 1.54) is 16.9 Å². The lowest BCUT2D eigenvalue weighted by Crippen LogP contribution is -2.34. The summed E-state index contributed by atoms with van der Waals surface area (Å²) in [7, 11) is 0. The van der Waals surface area contributed by atoms with Crippen molar-refractivity contribution in [1.29, 1.82) is 0 Å². The highest BCUT2D eigenvalue weighted by molar-refractivity contribution is 5.95. The largest absolute Gasteiger partial charge is 0.417 e. The first-order valence-electron chi connectivity index (χ1n) is 8.97. The van der Waals surface area contributed by atoms with E-state index in [0.717, 1.165) is 12.3 Å². The average Bonchev–Trinajstić information content (AvgIpc) is 3.25. The second-order valence-electron chi connectivity index (χ2n) is 7.11. The maximum Gasteiger partial charge on any atom is 0.417 e. The highest BCUT2D eigenvalue weighted by atomic mass is 19.4. The Kier molecular flexibility index (Phi) is 5.71. The van der Waals surface area contributed by atoms with Gasteiger partial charge in [0.1, 0.15) is 0 Å². The van der Waals surface area contributed by atoms with Crippen molar-refractivity contribution < 1.29 is 23.1 Å². The van der Waals surface area contributed by atoms with Crippen molar-refractivity contribution in [3.05, 3.63) is 41.3 Å². The summed E-state index contributed by atoms with van der Waals surface area (Å²) in [6, 6.07) is 2.16. The summed E-state index contributed by atoms with van der Waals surface area (Å²) in [5.74, 6) is -0.337. The van der Waals surface area contributed by atoms with E-state index in [4.69, 9.17) is 0 Å². The summed E-state index contributed by atoms with van der Waals surface area (Å²) in [6.45, 7) is 5.15. The molecule has 0 aromatic carbocycles. The quantitative estimate of drug-likeness (QED) is 0.715. The number of hydrogen-bond acceptors (Lipinski definition) is 5. The first kappa shape index (κ1) is 20.3. The van der Waals surface area contributed by atoms with E-state index >= 15 is 0 Å². The molecule has 3 rings (SSSR count). The predicted octanol–water partition coefficient (Wildman–Crippen LogP) is 1.72. The summed E-state index contributed by atoms with van der Waals surface area (Å²) in [5.41, 5.74) is 0.0307. The molecule has 3 heterocycles. The lowest BCUT2D eigenvalue weighted by molar-refractivity contribution is -0.137. The standard InChI is InChI=1S/C18H22F3N5O2/c1-10(2)16-13(17(28)24-6-11-5-22-9-14(11)27)8-25-26(16)15-4-3-12(7-23-15)18(19,20)21/h3-4,7-8,10-11,14,22,27H,5-6,9H2,1-2H3,(H,24,28). The number of rotatable bonds is 5. The molecule has 2 unspecified atom stereocenters. The molecule has 0 bridgehead atoms. The first-order valence-corrected chi connectivity index (χ1v) is 8.97. The number of halogens is 3. The molecule has 10 heteroatoms. The number of aliphatic hydroxyl groups is 1. The molecule has 1 aliphatic rings. The number of hydrogen-bond donors (Lipinski definition) is 3. The van der Waals surface area contributed by atoms with Crippen LogP contribution >= 0.6 is 0 Å². The number of carbonyl (C=O) groups excluding carboxylic acids is 1. The van der Waals surface area contributed by atoms with Crippen LogP contribution in [0.3, 0.4) is 0 Å². The van der Waals surface area contributed by atoms with Gasteiger partial charge in [0.2, 0.25) is 0 Å². The van der Waals surface area contributed by atoms with E-state index in [9.17, 15) is 23.1 Å². The van der Waals surface area contributed by atoms with Crippen LogP contribution < -0.4 is 10.6 Å². The van der Waals surface area contributed by atoms with Crippen molar-refractivity contribution in [3.63, 3.8) is 0 Å². The molecule has 7 nitrogen and oxygen atoms in total. The van der Waals surface area contributed by atoms with Crippen molar-refractivity contribution in [2.75, 3.05) is 19.6 Å². The first-order chi connectivity index (χ1) is 13.2. The molecule has 0 saturated carbocycles. The van der Waals surface area contributed by atoms with Crippen molar-refractivity contribution in [3.8, 4) is 5.82 Å².